The molecule has 1 aromatic rings. The van der Waals surface area contributed by atoms with E-state index < -0.39 is 10.8 Å². The summed E-state index contributed by atoms with van der Waals surface area (Å²) >= 11 is 0. The Hall–Kier alpha value is -1.07. The summed E-state index contributed by atoms with van der Waals surface area (Å²) < 4.78 is 22.4. The number of methoxy groups -OCH3 is 1. The molecule has 0 fully saturated rings. The first-order valence-electron chi connectivity index (χ1n) is 7.27. The van der Waals surface area contributed by atoms with Crippen LogP contribution >= 0.6 is 0 Å². The Kier molecular flexibility index (Phi) is 7.75. The molecule has 1 rings (SSSR count). The second kappa shape index (κ2) is 9.05. The lowest BCUT2D eigenvalue weighted by atomic mass is 10.1. The van der Waals surface area contributed by atoms with Crippen LogP contribution in [-0.4, -0.2) is 47.9 Å². The number of ether oxygens (including phenoxy) is 2. The summed E-state index contributed by atoms with van der Waals surface area (Å²) in [5.41, 5.74) is 1.16. The van der Waals surface area contributed by atoms with E-state index >= 15 is 0 Å². The van der Waals surface area contributed by atoms with Crippen LogP contribution in [0.3, 0.4) is 0 Å². The number of hydrogen-bond donors (Lipinski definition) is 0. The molecule has 1 aromatic carbocycles. The topological polar surface area (TPSA) is 38.8 Å². The third-order valence-corrected chi connectivity index (χ3v) is 4.30. The monoisotopic (exact) mass is 313 g/mol. The molecule has 120 valence electrons. The SMILES string of the molecule is CCCOc1ccc(CN(C)[C@H](C)C[S@](C)=O)cc1OC. The normalized spacial score (nSPS) is 14.0. The molecule has 0 saturated carbocycles. The first-order valence-corrected chi connectivity index (χ1v) is 9.00. The molecule has 0 aliphatic heterocycles. The van der Waals surface area contributed by atoms with Gasteiger partial charge in [-0.15, -0.1) is 0 Å². The maximum Gasteiger partial charge on any atom is 0.161 e. The zero-order valence-electron chi connectivity index (χ0n) is 13.7. The van der Waals surface area contributed by atoms with Gasteiger partial charge in [-0.3, -0.25) is 9.11 Å². The summed E-state index contributed by atoms with van der Waals surface area (Å²) in [5, 5.41) is 0. The fourth-order valence-electron chi connectivity index (χ4n) is 2.05. The van der Waals surface area contributed by atoms with Crippen LogP contribution in [0, 0.1) is 0 Å². The Morgan fingerprint density at radius 1 is 1.33 bits per heavy atom. The third-order valence-electron chi connectivity index (χ3n) is 3.35. The molecule has 0 aliphatic carbocycles. The molecule has 21 heavy (non-hydrogen) atoms. The number of nitrogens with zero attached hydrogens (tertiary/aromatic N) is 1. The summed E-state index contributed by atoms with van der Waals surface area (Å²) in [7, 11) is 2.93. The molecule has 0 spiro atoms. The van der Waals surface area contributed by atoms with E-state index in [9.17, 15) is 4.21 Å². The quantitative estimate of drug-likeness (QED) is 0.702. The number of rotatable bonds is 9. The van der Waals surface area contributed by atoms with Gasteiger partial charge in [0.05, 0.1) is 13.7 Å². The fourth-order valence-corrected chi connectivity index (χ4v) is 2.99. The Balaban J connectivity index is 2.73. The van der Waals surface area contributed by atoms with Crippen LogP contribution in [0.1, 0.15) is 25.8 Å². The van der Waals surface area contributed by atoms with Crippen LogP contribution in [0.4, 0.5) is 0 Å². The van der Waals surface area contributed by atoms with E-state index in [1.807, 2.05) is 19.2 Å². The molecule has 0 bridgehead atoms. The van der Waals surface area contributed by atoms with Gasteiger partial charge < -0.3 is 9.47 Å². The van der Waals surface area contributed by atoms with Gasteiger partial charge in [0.1, 0.15) is 0 Å². The van der Waals surface area contributed by atoms with E-state index in [4.69, 9.17) is 9.47 Å². The summed E-state index contributed by atoms with van der Waals surface area (Å²) in [6.07, 6.45) is 2.71. The van der Waals surface area contributed by atoms with Crippen LogP contribution in [0.2, 0.25) is 0 Å². The molecule has 2 atom stereocenters. The van der Waals surface area contributed by atoms with Crippen molar-refractivity contribution in [1.82, 2.24) is 4.90 Å². The summed E-state index contributed by atoms with van der Waals surface area (Å²) in [6, 6.07) is 6.30. The highest BCUT2D eigenvalue weighted by atomic mass is 32.2. The van der Waals surface area contributed by atoms with Crippen LogP contribution in [-0.2, 0) is 17.3 Å². The van der Waals surface area contributed by atoms with E-state index in [1.54, 1.807) is 13.4 Å². The van der Waals surface area contributed by atoms with Crippen molar-refractivity contribution in [2.75, 3.05) is 32.8 Å². The van der Waals surface area contributed by atoms with Gasteiger partial charge in [0.15, 0.2) is 11.5 Å². The molecule has 0 aliphatic rings. The zero-order valence-corrected chi connectivity index (χ0v) is 14.5. The molecular weight excluding hydrogens is 286 g/mol. The average molecular weight is 313 g/mol. The standard InChI is InChI=1S/C16H27NO3S/c1-6-9-20-15-8-7-14(10-16(15)19-4)11-17(3)13(2)12-21(5)18/h7-8,10,13H,6,9,11-12H2,1-5H3/t13-,21+/m1/s1. The molecule has 0 N–H and O–H groups in total. The average Bonchev–Trinajstić information content (AvgIpc) is 2.44. The largest absolute Gasteiger partial charge is 0.493 e. The van der Waals surface area contributed by atoms with Crippen molar-refractivity contribution in [3.8, 4) is 11.5 Å². The van der Waals surface area contributed by atoms with Gasteiger partial charge in [0.25, 0.3) is 0 Å². The molecule has 4 nitrogen and oxygen atoms in total. The number of hydrogen-bond acceptors (Lipinski definition) is 4. The Bertz CT molecular complexity index is 465. The predicted octanol–water partition coefficient (Wildman–Crippen LogP) is 2.68. The van der Waals surface area contributed by atoms with E-state index in [-0.39, 0.29) is 6.04 Å². The minimum Gasteiger partial charge on any atom is -0.493 e. The van der Waals surface area contributed by atoms with Crippen LogP contribution in [0.5, 0.6) is 11.5 Å². The van der Waals surface area contributed by atoms with Gasteiger partial charge >= 0.3 is 0 Å². The molecule has 0 amide bonds. The second-order valence-corrected chi connectivity index (χ2v) is 6.82. The Morgan fingerprint density at radius 3 is 2.62 bits per heavy atom. The molecule has 0 unspecified atom stereocenters. The molecule has 0 aromatic heterocycles. The molecule has 5 heteroatoms. The minimum absolute atomic E-state index is 0.276. The lowest BCUT2D eigenvalue weighted by Crippen LogP contribution is -2.32. The predicted molar refractivity (Wildman–Crippen MR) is 88.6 cm³/mol. The summed E-state index contributed by atoms with van der Waals surface area (Å²) in [4.78, 5) is 2.20. The smallest absolute Gasteiger partial charge is 0.161 e. The van der Waals surface area contributed by atoms with Crippen molar-refractivity contribution in [3.05, 3.63) is 23.8 Å². The van der Waals surface area contributed by atoms with Crippen LogP contribution in [0.25, 0.3) is 0 Å². The highest BCUT2D eigenvalue weighted by molar-refractivity contribution is 7.84. The van der Waals surface area contributed by atoms with Gasteiger partial charge in [-0.25, -0.2) is 0 Å². The van der Waals surface area contributed by atoms with Crippen molar-refractivity contribution < 1.29 is 13.7 Å². The van der Waals surface area contributed by atoms with Gasteiger partial charge in [-0.1, -0.05) is 13.0 Å². The Morgan fingerprint density at radius 2 is 2.05 bits per heavy atom. The molecular formula is C16H27NO3S. The van der Waals surface area contributed by atoms with Gasteiger partial charge in [0, 0.05) is 35.4 Å². The third kappa shape index (κ3) is 6.06. The van der Waals surface area contributed by atoms with Crippen molar-refractivity contribution in [1.29, 1.82) is 0 Å². The maximum absolute atomic E-state index is 11.3. The van der Waals surface area contributed by atoms with Crippen molar-refractivity contribution in [2.24, 2.45) is 0 Å². The highest BCUT2D eigenvalue weighted by Gasteiger charge is 2.13. The molecule has 0 heterocycles. The minimum atomic E-state index is -0.774. The Labute approximate surface area is 130 Å². The number of benzene rings is 1. The summed E-state index contributed by atoms with van der Waals surface area (Å²) in [6.45, 7) is 5.66. The molecule has 0 radical (unpaired) electrons. The van der Waals surface area contributed by atoms with E-state index in [2.05, 4.69) is 24.8 Å². The van der Waals surface area contributed by atoms with Gasteiger partial charge in [0.2, 0.25) is 0 Å². The lowest BCUT2D eigenvalue weighted by molar-refractivity contribution is 0.266. The van der Waals surface area contributed by atoms with Crippen molar-refractivity contribution >= 4 is 10.8 Å². The van der Waals surface area contributed by atoms with Crippen LogP contribution in [0.15, 0.2) is 18.2 Å². The maximum atomic E-state index is 11.3. The van der Waals surface area contributed by atoms with Gasteiger partial charge in [-0.2, -0.15) is 0 Å². The van der Waals surface area contributed by atoms with Crippen molar-refractivity contribution in [2.45, 2.75) is 32.9 Å². The van der Waals surface area contributed by atoms with E-state index in [1.165, 1.54) is 0 Å². The molecule has 0 saturated heterocycles. The lowest BCUT2D eigenvalue weighted by Gasteiger charge is -2.24. The van der Waals surface area contributed by atoms with Gasteiger partial charge in [-0.05, 0) is 38.1 Å². The highest BCUT2D eigenvalue weighted by Crippen LogP contribution is 2.28. The van der Waals surface area contributed by atoms with E-state index in [0.717, 1.165) is 30.0 Å². The summed E-state index contributed by atoms with van der Waals surface area (Å²) in [5.74, 6) is 2.24. The van der Waals surface area contributed by atoms with E-state index in [0.29, 0.717) is 12.4 Å². The van der Waals surface area contributed by atoms with Crippen molar-refractivity contribution in [3.63, 3.8) is 0 Å². The first kappa shape index (κ1) is 18.0. The first-order chi connectivity index (χ1) is 9.97. The van der Waals surface area contributed by atoms with Crippen LogP contribution < -0.4 is 9.47 Å². The second-order valence-electron chi connectivity index (χ2n) is 5.34. The fraction of sp³-hybridized carbons (Fsp3) is 0.625. The zero-order chi connectivity index (χ0) is 15.8.